The summed E-state index contributed by atoms with van der Waals surface area (Å²) >= 11 is 1.56. The van der Waals surface area contributed by atoms with Gasteiger partial charge < -0.3 is 15.2 Å². The Morgan fingerprint density at radius 1 is 1.09 bits per heavy atom. The van der Waals surface area contributed by atoms with Crippen LogP contribution in [0.5, 0.6) is 5.75 Å². The third-order valence-electron chi connectivity index (χ3n) is 6.89. The molecule has 0 spiro atoms. The number of aliphatic carboxylic acids is 1. The lowest BCUT2D eigenvalue weighted by atomic mass is 9.86. The first-order valence-corrected chi connectivity index (χ1v) is 14.2. The number of thioether (sulfide) groups is 1. The summed E-state index contributed by atoms with van der Waals surface area (Å²) in [5.74, 6) is 0.887. The Morgan fingerprint density at radius 3 is 2.57 bits per heavy atom. The minimum absolute atomic E-state index is 0.379. The van der Waals surface area contributed by atoms with E-state index in [1.807, 2.05) is 49.6 Å². The van der Waals surface area contributed by atoms with Crippen molar-refractivity contribution < 1.29 is 19.4 Å². The first-order chi connectivity index (χ1) is 17.0. The summed E-state index contributed by atoms with van der Waals surface area (Å²) < 4.78 is 6.08. The molecule has 3 rings (SSSR count). The number of amides is 1. The highest BCUT2D eigenvalue weighted by Crippen LogP contribution is 2.31. The molecule has 1 atom stereocenters. The lowest BCUT2D eigenvalue weighted by molar-refractivity contribution is -0.139. The van der Waals surface area contributed by atoms with Gasteiger partial charge in [0.25, 0.3) is 5.91 Å². The summed E-state index contributed by atoms with van der Waals surface area (Å²) in [5, 5.41) is 12.3. The summed E-state index contributed by atoms with van der Waals surface area (Å²) in [4.78, 5) is 24.8. The van der Waals surface area contributed by atoms with Crippen LogP contribution in [0.2, 0.25) is 0 Å². The van der Waals surface area contributed by atoms with E-state index in [4.69, 9.17) is 4.74 Å². The molecule has 5 nitrogen and oxygen atoms in total. The molecule has 35 heavy (non-hydrogen) atoms. The largest absolute Gasteiger partial charge is 0.494 e. The van der Waals surface area contributed by atoms with Crippen LogP contribution >= 0.6 is 11.8 Å². The van der Waals surface area contributed by atoms with Gasteiger partial charge in [-0.1, -0.05) is 62.8 Å². The quantitative estimate of drug-likeness (QED) is 0.300. The first kappa shape index (κ1) is 27.1. The lowest BCUT2D eigenvalue weighted by Crippen LogP contribution is -2.41. The number of rotatable bonds is 13. The van der Waals surface area contributed by atoms with Crippen LogP contribution in [0.3, 0.4) is 0 Å². The Morgan fingerprint density at radius 2 is 1.86 bits per heavy atom. The van der Waals surface area contributed by atoms with Gasteiger partial charge in [0.05, 0.1) is 6.61 Å². The molecule has 2 aromatic rings. The van der Waals surface area contributed by atoms with Crippen LogP contribution in [0.15, 0.2) is 42.5 Å². The van der Waals surface area contributed by atoms with E-state index in [9.17, 15) is 14.7 Å². The van der Waals surface area contributed by atoms with E-state index in [0.717, 1.165) is 34.8 Å². The van der Waals surface area contributed by atoms with E-state index < -0.39 is 12.0 Å². The highest BCUT2D eigenvalue weighted by molar-refractivity contribution is 7.98. The molecule has 1 saturated carbocycles. The summed E-state index contributed by atoms with van der Waals surface area (Å²) in [6.07, 6.45) is 12.7. The third kappa shape index (κ3) is 8.31. The second-order valence-corrected chi connectivity index (χ2v) is 10.5. The fourth-order valence-electron chi connectivity index (χ4n) is 4.84. The molecule has 190 valence electrons. The van der Waals surface area contributed by atoms with Gasteiger partial charge in [-0.25, -0.2) is 4.79 Å². The van der Waals surface area contributed by atoms with Crippen molar-refractivity contribution in [1.82, 2.24) is 5.32 Å². The number of carboxylic acids is 1. The van der Waals surface area contributed by atoms with Crippen molar-refractivity contribution in [1.29, 1.82) is 0 Å². The van der Waals surface area contributed by atoms with Crippen LogP contribution < -0.4 is 10.1 Å². The monoisotopic (exact) mass is 497 g/mol. The molecule has 1 fully saturated rings. The average molecular weight is 498 g/mol. The van der Waals surface area contributed by atoms with Crippen molar-refractivity contribution in [2.75, 3.05) is 18.6 Å². The van der Waals surface area contributed by atoms with Crippen LogP contribution in [-0.4, -0.2) is 41.6 Å². The molecule has 0 aliphatic heterocycles. The van der Waals surface area contributed by atoms with E-state index in [2.05, 4.69) is 5.32 Å². The van der Waals surface area contributed by atoms with Crippen molar-refractivity contribution in [3.8, 4) is 16.9 Å². The van der Waals surface area contributed by atoms with Gasteiger partial charge in [-0.15, -0.1) is 0 Å². The highest BCUT2D eigenvalue weighted by atomic mass is 32.2. The number of carbonyl (C=O) groups is 2. The van der Waals surface area contributed by atoms with Gasteiger partial charge in [0.2, 0.25) is 0 Å². The molecule has 1 aliphatic carbocycles. The van der Waals surface area contributed by atoms with E-state index in [0.29, 0.717) is 24.3 Å². The number of benzene rings is 2. The number of ether oxygens (including phenoxy) is 1. The standard InChI is InChI=1S/C29H39NO4S/c1-21-10-6-7-14-24(21)26-20-23(34-18-9-8-13-22-11-4-3-5-12-22)15-16-25(26)28(31)30-27(29(32)33)17-19-35-2/h6-7,10,14-16,20,22,27H,3-5,8-9,11-13,17-19H2,1-2H3,(H,30,31)(H,32,33)/t27-/m0/s1. The zero-order valence-electron chi connectivity index (χ0n) is 21.1. The van der Waals surface area contributed by atoms with Gasteiger partial charge in [-0.2, -0.15) is 11.8 Å². The van der Waals surface area contributed by atoms with Crippen LogP contribution in [0.1, 0.15) is 73.7 Å². The van der Waals surface area contributed by atoms with Crippen LogP contribution in [0.4, 0.5) is 0 Å². The predicted octanol–water partition coefficient (Wildman–Crippen LogP) is 6.73. The Kier molecular flexibility index (Phi) is 11.0. The van der Waals surface area contributed by atoms with Crippen LogP contribution in [-0.2, 0) is 4.79 Å². The van der Waals surface area contributed by atoms with Crippen LogP contribution in [0.25, 0.3) is 11.1 Å². The van der Waals surface area contributed by atoms with Gasteiger partial charge in [-0.05, 0) is 79.0 Å². The number of hydrogen-bond donors (Lipinski definition) is 2. The fraction of sp³-hybridized carbons (Fsp3) is 0.517. The summed E-state index contributed by atoms with van der Waals surface area (Å²) in [6, 6.07) is 12.5. The number of aryl methyl sites for hydroxylation is 1. The van der Waals surface area contributed by atoms with E-state index in [1.165, 1.54) is 44.9 Å². The van der Waals surface area contributed by atoms with E-state index >= 15 is 0 Å². The number of hydrogen-bond acceptors (Lipinski definition) is 4. The van der Waals surface area contributed by atoms with Gasteiger partial charge in [0.15, 0.2) is 0 Å². The van der Waals surface area contributed by atoms with Gasteiger partial charge in [0.1, 0.15) is 11.8 Å². The molecule has 0 bridgehead atoms. The minimum Gasteiger partial charge on any atom is -0.494 e. The Labute approximate surface area is 214 Å². The maximum atomic E-state index is 13.2. The maximum absolute atomic E-state index is 13.2. The number of unbranched alkanes of at least 4 members (excludes halogenated alkanes) is 1. The Hall–Kier alpha value is -2.47. The second kappa shape index (κ2) is 14.2. The molecule has 0 heterocycles. The zero-order valence-corrected chi connectivity index (χ0v) is 21.9. The molecule has 6 heteroatoms. The van der Waals surface area contributed by atoms with Gasteiger partial charge >= 0.3 is 5.97 Å². The average Bonchev–Trinajstić information content (AvgIpc) is 2.87. The topological polar surface area (TPSA) is 75.6 Å². The van der Waals surface area contributed by atoms with Crippen molar-refractivity contribution in [2.24, 2.45) is 5.92 Å². The SMILES string of the molecule is CSCC[C@H](NC(=O)c1ccc(OCCCCC2CCCCC2)cc1-c1ccccc1C)C(=O)O. The summed E-state index contributed by atoms with van der Waals surface area (Å²) in [7, 11) is 0. The minimum atomic E-state index is -1.02. The lowest BCUT2D eigenvalue weighted by Gasteiger charge is -2.21. The van der Waals surface area contributed by atoms with Crippen molar-refractivity contribution in [2.45, 2.75) is 70.8 Å². The smallest absolute Gasteiger partial charge is 0.326 e. The molecular weight excluding hydrogens is 458 g/mol. The van der Waals surface area contributed by atoms with Gasteiger partial charge in [0, 0.05) is 5.56 Å². The molecule has 2 N–H and O–H groups in total. The predicted molar refractivity (Wildman–Crippen MR) is 144 cm³/mol. The highest BCUT2D eigenvalue weighted by Gasteiger charge is 2.23. The normalized spacial score (nSPS) is 14.9. The zero-order chi connectivity index (χ0) is 25.0. The number of carbonyl (C=O) groups excluding carboxylic acids is 1. The number of nitrogens with one attached hydrogen (secondary N) is 1. The second-order valence-electron chi connectivity index (χ2n) is 9.52. The molecule has 2 aromatic carbocycles. The molecule has 0 saturated heterocycles. The summed E-state index contributed by atoms with van der Waals surface area (Å²) in [5.41, 5.74) is 3.20. The summed E-state index contributed by atoms with van der Waals surface area (Å²) in [6.45, 7) is 2.66. The molecule has 1 amide bonds. The molecule has 1 aliphatic rings. The number of carboxylic acid groups (broad SMARTS) is 1. The molecule has 0 radical (unpaired) electrons. The molecule has 0 unspecified atom stereocenters. The van der Waals surface area contributed by atoms with Gasteiger partial charge in [-0.3, -0.25) is 4.79 Å². The fourth-order valence-corrected chi connectivity index (χ4v) is 5.31. The molecular formula is C29H39NO4S. The first-order valence-electron chi connectivity index (χ1n) is 12.8. The Balaban J connectivity index is 1.70. The third-order valence-corrected chi connectivity index (χ3v) is 7.53. The molecule has 0 aromatic heterocycles. The van der Waals surface area contributed by atoms with Crippen molar-refractivity contribution in [3.05, 3.63) is 53.6 Å². The Bertz CT molecular complexity index is 971. The van der Waals surface area contributed by atoms with Crippen molar-refractivity contribution in [3.63, 3.8) is 0 Å². The van der Waals surface area contributed by atoms with E-state index in [-0.39, 0.29) is 5.91 Å². The van der Waals surface area contributed by atoms with Crippen molar-refractivity contribution >= 4 is 23.6 Å². The van der Waals surface area contributed by atoms with Crippen LogP contribution in [0, 0.1) is 12.8 Å². The van der Waals surface area contributed by atoms with E-state index in [1.54, 1.807) is 17.8 Å². The maximum Gasteiger partial charge on any atom is 0.326 e.